The van der Waals surface area contributed by atoms with Crippen molar-refractivity contribution in [3.05, 3.63) is 108 Å². The predicted octanol–water partition coefficient (Wildman–Crippen LogP) is 5.58. The quantitative estimate of drug-likeness (QED) is 0.178. The maximum atomic E-state index is 13.9. The molecule has 0 spiro atoms. The molecule has 49 heavy (non-hydrogen) atoms. The number of carbonyl (C=O) groups excluding carboxylic acids is 3. The Labute approximate surface area is 291 Å². The largest absolute Gasteiger partial charge is 0.445 e. The van der Waals surface area contributed by atoms with Crippen molar-refractivity contribution in [2.75, 3.05) is 13.1 Å². The second-order valence-electron chi connectivity index (χ2n) is 14.3. The predicted molar refractivity (Wildman–Crippen MR) is 193 cm³/mol. The van der Waals surface area contributed by atoms with Gasteiger partial charge in [-0.15, -0.1) is 0 Å². The summed E-state index contributed by atoms with van der Waals surface area (Å²) in [6, 6.07) is 27.3. The minimum atomic E-state index is -0.995. The summed E-state index contributed by atoms with van der Waals surface area (Å²) in [5.41, 5.74) is 2.59. The standard InChI is InChI=1S/C40H54N4O5/c1-6-28(2)36(42-39(48)49-27-30-18-12-8-13-19-30)38(47)41-33(24-29-16-10-7-11-17-29)35(45)26-44-23-22-32(31-20-14-9-15-21-31)25-34(44)37(46)43-40(3,4)5/h7-21,28,32-36,45H,6,22-27H2,1-5H3,(H,41,47)(H,42,48)(H,43,46)/t28-,32+,33-,34-,35+,36-/m0/s1. The minimum absolute atomic E-state index is 0.0703. The molecule has 0 saturated carbocycles. The van der Waals surface area contributed by atoms with Crippen molar-refractivity contribution in [3.8, 4) is 0 Å². The van der Waals surface area contributed by atoms with Crippen molar-refractivity contribution in [1.29, 1.82) is 0 Å². The van der Waals surface area contributed by atoms with Crippen LogP contribution in [0.15, 0.2) is 91.0 Å². The van der Waals surface area contributed by atoms with Crippen molar-refractivity contribution in [2.24, 2.45) is 5.92 Å². The van der Waals surface area contributed by atoms with E-state index in [-0.39, 0.29) is 30.9 Å². The first-order chi connectivity index (χ1) is 23.4. The van der Waals surface area contributed by atoms with Crippen molar-refractivity contribution in [2.45, 2.75) is 103 Å². The van der Waals surface area contributed by atoms with Gasteiger partial charge in [-0.25, -0.2) is 4.79 Å². The maximum Gasteiger partial charge on any atom is 0.408 e. The lowest BCUT2D eigenvalue weighted by molar-refractivity contribution is -0.131. The lowest BCUT2D eigenvalue weighted by Crippen LogP contribution is -2.59. The molecule has 9 nitrogen and oxygen atoms in total. The Morgan fingerprint density at radius 2 is 1.49 bits per heavy atom. The second kappa shape index (κ2) is 18.0. The van der Waals surface area contributed by atoms with Crippen LogP contribution in [0.25, 0.3) is 0 Å². The number of aliphatic hydroxyl groups is 1. The summed E-state index contributed by atoms with van der Waals surface area (Å²) in [7, 11) is 0. The molecule has 0 bridgehead atoms. The van der Waals surface area contributed by atoms with E-state index in [9.17, 15) is 19.5 Å². The molecule has 4 N–H and O–H groups in total. The van der Waals surface area contributed by atoms with Gasteiger partial charge in [-0.1, -0.05) is 111 Å². The van der Waals surface area contributed by atoms with E-state index in [0.717, 1.165) is 17.5 Å². The minimum Gasteiger partial charge on any atom is -0.445 e. The molecule has 3 aromatic carbocycles. The maximum absolute atomic E-state index is 13.9. The number of ether oxygens (including phenoxy) is 1. The molecule has 0 aromatic heterocycles. The highest BCUT2D eigenvalue weighted by Gasteiger charge is 2.38. The Balaban J connectivity index is 1.51. The average Bonchev–Trinajstić information content (AvgIpc) is 3.09. The van der Waals surface area contributed by atoms with Crippen molar-refractivity contribution >= 4 is 17.9 Å². The summed E-state index contributed by atoms with van der Waals surface area (Å²) >= 11 is 0. The summed E-state index contributed by atoms with van der Waals surface area (Å²) < 4.78 is 5.44. The number of carbonyl (C=O) groups is 3. The molecule has 0 unspecified atom stereocenters. The summed E-state index contributed by atoms with van der Waals surface area (Å²) in [4.78, 5) is 42.5. The Kier molecular flexibility index (Phi) is 13.8. The average molecular weight is 671 g/mol. The molecule has 9 heteroatoms. The third kappa shape index (κ3) is 11.7. The Bertz CT molecular complexity index is 1460. The molecule has 0 aliphatic carbocycles. The number of hydrogen-bond donors (Lipinski definition) is 4. The van der Waals surface area contributed by atoms with Crippen LogP contribution >= 0.6 is 0 Å². The molecule has 4 rings (SSSR count). The fourth-order valence-electron chi connectivity index (χ4n) is 6.37. The zero-order valence-corrected chi connectivity index (χ0v) is 29.6. The summed E-state index contributed by atoms with van der Waals surface area (Å²) in [6.07, 6.45) is 0.808. The molecular weight excluding hydrogens is 616 g/mol. The molecule has 1 saturated heterocycles. The fraction of sp³-hybridized carbons (Fsp3) is 0.475. The monoisotopic (exact) mass is 670 g/mol. The molecule has 264 valence electrons. The van der Waals surface area contributed by atoms with Gasteiger partial charge in [-0.05, 0) is 75.1 Å². The first kappa shape index (κ1) is 37.6. The Morgan fingerprint density at radius 3 is 2.08 bits per heavy atom. The van der Waals surface area contributed by atoms with E-state index >= 15 is 0 Å². The Morgan fingerprint density at radius 1 is 0.898 bits per heavy atom. The third-order valence-electron chi connectivity index (χ3n) is 9.28. The van der Waals surface area contributed by atoms with Gasteiger partial charge in [-0.3, -0.25) is 14.5 Å². The van der Waals surface area contributed by atoms with E-state index in [4.69, 9.17) is 4.74 Å². The zero-order valence-electron chi connectivity index (χ0n) is 29.6. The molecule has 1 fully saturated rings. The van der Waals surface area contributed by atoms with E-state index in [2.05, 4.69) is 33.0 Å². The lowest BCUT2D eigenvalue weighted by Gasteiger charge is -2.41. The molecule has 6 atom stereocenters. The zero-order chi connectivity index (χ0) is 35.4. The summed E-state index contributed by atoms with van der Waals surface area (Å²) in [5, 5.41) is 20.9. The van der Waals surface area contributed by atoms with Crippen molar-refractivity contribution < 1.29 is 24.2 Å². The first-order valence-electron chi connectivity index (χ1n) is 17.5. The molecule has 1 aliphatic heterocycles. The van der Waals surface area contributed by atoms with Crippen LogP contribution in [0.4, 0.5) is 4.79 Å². The normalized spacial score (nSPS) is 19.1. The van der Waals surface area contributed by atoms with E-state index in [0.29, 0.717) is 25.8 Å². The van der Waals surface area contributed by atoms with Gasteiger partial charge >= 0.3 is 6.09 Å². The van der Waals surface area contributed by atoms with Crippen LogP contribution in [0.5, 0.6) is 0 Å². The van der Waals surface area contributed by atoms with Crippen LogP contribution in [0.1, 0.15) is 76.5 Å². The van der Waals surface area contributed by atoms with Gasteiger partial charge in [0.2, 0.25) is 11.8 Å². The number of alkyl carbamates (subject to hydrolysis) is 1. The number of aliphatic hydroxyl groups excluding tert-OH is 1. The number of piperidine rings is 1. The second-order valence-corrected chi connectivity index (χ2v) is 14.3. The molecule has 3 amide bonds. The SMILES string of the molecule is CC[C@H](C)[C@H](NC(=O)OCc1ccccc1)C(=O)N[C@@H](Cc1ccccc1)[C@H](O)CN1CC[C@@H](c2ccccc2)C[C@H]1C(=O)NC(C)(C)C. The summed E-state index contributed by atoms with van der Waals surface area (Å²) in [5.74, 6) is -0.440. The number of rotatable bonds is 14. The molecule has 0 radical (unpaired) electrons. The van der Waals surface area contributed by atoms with Crippen LogP contribution in [0, 0.1) is 5.92 Å². The fourth-order valence-corrected chi connectivity index (χ4v) is 6.37. The van der Waals surface area contributed by atoms with Crippen LogP contribution in [0.2, 0.25) is 0 Å². The van der Waals surface area contributed by atoms with Crippen molar-refractivity contribution in [3.63, 3.8) is 0 Å². The number of benzene rings is 3. The molecule has 1 aliphatic rings. The smallest absolute Gasteiger partial charge is 0.408 e. The van der Waals surface area contributed by atoms with Crippen LogP contribution in [0.3, 0.4) is 0 Å². The third-order valence-corrected chi connectivity index (χ3v) is 9.28. The number of amides is 3. The van der Waals surface area contributed by atoms with Gasteiger partial charge in [0, 0.05) is 12.1 Å². The highest BCUT2D eigenvalue weighted by molar-refractivity contribution is 5.86. The highest BCUT2D eigenvalue weighted by atomic mass is 16.5. The van der Waals surface area contributed by atoms with Crippen LogP contribution in [-0.4, -0.2) is 70.8 Å². The van der Waals surface area contributed by atoms with Gasteiger partial charge in [0.05, 0.1) is 18.2 Å². The number of nitrogens with zero attached hydrogens (tertiary/aromatic N) is 1. The number of hydrogen-bond acceptors (Lipinski definition) is 6. The van der Waals surface area contributed by atoms with E-state index in [1.165, 1.54) is 5.56 Å². The van der Waals surface area contributed by atoms with Crippen molar-refractivity contribution in [1.82, 2.24) is 20.9 Å². The van der Waals surface area contributed by atoms with E-state index < -0.39 is 41.8 Å². The summed E-state index contributed by atoms with van der Waals surface area (Å²) in [6.45, 7) is 10.7. The molecule has 1 heterocycles. The topological polar surface area (TPSA) is 120 Å². The van der Waals surface area contributed by atoms with Gasteiger partial charge in [0.25, 0.3) is 0 Å². The van der Waals surface area contributed by atoms with Gasteiger partial charge in [0.15, 0.2) is 0 Å². The molecule has 3 aromatic rings. The van der Waals surface area contributed by atoms with Gasteiger partial charge in [0.1, 0.15) is 12.6 Å². The highest BCUT2D eigenvalue weighted by Crippen LogP contribution is 2.32. The van der Waals surface area contributed by atoms with Gasteiger partial charge < -0.3 is 25.8 Å². The lowest BCUT2D eigenvalue weighted by atomic mass is 9.84. The number of nitrogens with one attached hydrogen (secondary N) is 3. The molecular formula is C40H54N4O5. The van der Waals surface area contributed by atoms with Gasteiger partial charge in [-0.2, -0.15) is 0 Å². The van der Waals surface area contributed by atoms with E-state index in [1.807, 2.05) is 113 Å². The number of likely N-dealkylation sites (tertiary alicyclic amines) is 1. The Hall–Kier alpha value is -4.21. The first-order valence-corrected chi connectivity index (χ1v) is 17.5. The van der Waals surface area contributed by atoms with Crippen LogP contribution < -0.4 is 16.0 Å². The van der Waals surface area contributed by atoms with Crippen LogP contribution in [-0.2, 0) is 27.4 Å². The number of β-amino-alcohol motifs (C(OH)–C–C–N with tert-alkyl or cyclic N) is 1. The van der Waals surface area contributed by atoms with E-state index in [1.54, 1.807) is 0 Å².